The Morgan fingerprint density at radius 2 is 1.91 bits per heavy atom. The van der Waals surface area contributed by atoms with Crippen LogP contribution in [0.3, 0.4) is 0 Å². The summed E-state index contributed by atoms with van der Waals surface area (Å²) in [7, 11) is -2.14. The van der Waals surface area contributed by atoms with Crippen molar-refractivity contribution in [2.45, 2.75) is 18.7 Å². The van der Waals surface area contributed by atoms with Crippen molar-refractivity contribution in [3.05, 3.63) is 47.8 Å². The number of esters is 1. The lowest BCUT2D eigenvalue weighted by Gasteiger charge is -2.08. The molecule has 0 atom stereocenters. The minimum Gasteiger partial charge on any atom is -0.461 e. The number of anilines is 1. The fourth-order valence-corrected chi connectivity index (χ4v) is 3.41. The molecule has 0 radical (unpaired) electrons. The van der Waals surface area contributed by atoms with Crippen molar-refractivity contribution in [1.82, 2.24) is 4.57 Å². The average molecular weight is 322 g/mol. The molecule has 1 aromatic heterocycles. The summed E-state index contributed by atoms with van der Waals surface area (Å²) in [6.07, 6.45) is 0. The number of hydrogen-bond acceptors (Lipinski definition) is 4. The number of ether oxygens (including phenoxy) is 1. The van der Waals surface area contributed by atoms with Gasteiger partial charge in [0.25, 0.3) is 10.0 Å². The fourth-order valence-electron chi connectivity index (χ4n) is 2.06. The topological polar surface area (TPSA) is 77.4 Å². The monoisotopic (exact) mass is 322 g/mol. The number of benzene rings is 1. The molecule has 0 aliphatic rings. The molecule has 0 aliphatic heterocycles. The number of carbonyl (C=O) groups excluding carboxylic acids is 1. The van der Waals surface area contributed by atoms with Crippen LogP contribution in [0, 0.1) is 6.92 Å². The summed E-state index contributed by atoms with van der Waals surface area (Å²) < 4.78 is 33.9. The molecule has 2 aromatic rings. The SMILES string of the molecule is CCOC(=O)c1cc(S(=O)(=O)Nc2ccccc2)c(C)n1C. The van der Waals surface area contributed by atoms with Crippen LogP contribution in [0.5, 0.6) is 0 Å². The number of carbonyl (C=O) groups is 1. The van der Waals surface area contributed by atoms with Crippen LogP contribution in [0.2, 0.25) is 0 Å². The molecule has 2 rings (SSSR count). The van der Waals surface area contributed by atoms with Gasteiger partial charge in [-0.05, 0) is 32.0 Å². The Hall–Kier alpha value is -2.28. The largest absolute Gasteiger partial charge is 0.461 e. The van der Waals surface area contributed by atoms with Gasteiger partial charge >= 0.3 is 5.97 Å². The van der Waals surface area contributed by atoms with E-state index in [9.17, 15) is 13.2 Å². The van der Waals surface area contributed by atoms with Crippen LogP contribution in [0.4, 0.5) is 5.69 Å². The Kier molecular flexibility index (Phi) is 4.56. The molecular weight excluding hydrogens is 304 g/mol. The lowest BCUT2D eigenvalue weighted by Crippen LogP contribution is -2.13. The van der Waals surface area contributed by atoms with Gasteiger partial charge in [0.15, 0.2) is 0 Å². The van der Waals surface area contributed by atoms with E-state index in [0.29, 0.717) is 11.4 Å². The first-order valence-corrected chi connectivity index (χ1v) is 8.26. The van der Waals surface area contributed by atoms with Crippen LogP contribution in [-0.4, -0.2) is 25.6 Å². The first-order chi connectivity index (χ1) is 10.4. The van der Waals surface area contributed by atoms with Gasteiger partial charge in [0.2, 0.25) is 0 Å². The van der Waals surface area contributed by atoms with Crippen molar-refractivity contribution < 1.29 is 17.9 Å². The van der Waals surface area contributed by atoms with Crippen molar-refractivity contribution in [1.29, 1.82) is 0 Å². The van der Waals surface area contributed by atoms with E-state index >= 15 is 0 Å². The second-order valence-corrected chi connectivity index (χ2v) is 6.38. The van der Waals surface area contributed by atoms with Gasteiger partial charge < -0.3 is 9.30 Å². The highest BCUT2D eigenvalue weighted by atomic mass is 32.2. The molecule has 0 saturated carbocycles. The molecule has 6 nitrogen and oxygen atoms in total. The molecule has 22 heavy (non-hydrogen) atoms. The van der Waals surface area contributed by atoms with E-state index in [1.54, 1.807) is 51.2 Å². The lowest BCUT2D eigenvalue weighted by atomic mass is 10.3. The number of sulfonamides is 1. The molecular formula is C15H18N2O4S. The Morgan fingerprint density at radius 3 is 2.50 bits per heavy atom. The lowest BCUT2D eigenvalue weighted by molar-refractivity contribution is 0.0515. The van der Waals surface area contributed by atoms with Crippen LogP contribution in [0.25, 0.3) is 0 Å². The summed E-state index contributed by atoms with van der Waals surface area (Å²) in [4.78, 5) is 11.9. The van der Waals surface area contributed by atoms with E-state index in [2.05, 4.69) is 4.72 Å². The molecule has 0 fully saturated rings. The zero-order valence-electron chi connectivity index (χ0n) is 12.7. The third-order valence-corrected chi connectivity index (χ3v) is 4.79. The Bertz CT molecular complexity index is 779. The van der Waals surface area contributed by atoms with Gasteiger partial charge in [0.1, 0.15) is 10.6 Å². The summed E-state index contributed by atoms with van der Waals surface area (Å²) >= 11 is 0. The number of rotatable bonds is 5. The standard InChI is InChI=1S/C15H18N2O4S/c1-4-21-15(18)13-10-14(11(2)17(13)3)22(19,20)16-12-8-6-5-7-9-12/h5-10,16H,4H2,1-3H3. The Balaban J connectivity index is 2.40. The number of nitrogens with zero attached hydrogens (tertiary/aromatic N) is 1. The molecule has 0 saturated heterocycles. The highest BCUT2D eigenvalue weighted by Crippen LogP contribution is 2.23. The van der Waals surface area contributed by atoms with Gasteiger partial charge in [-0.15, -0.1) is 0 Å². The van der Waals surface area contributed by atoms with Gasteiger partial charge in [-0.3, -0.25) is 4.72 Å². The molecule has 1 aromatic carbocycles. The Labute approximate surface area is 129 Å². The fraction of sp³-hybridized carbons (Fsp3) is 0.267. The predicted molar refractivity (Wildman–Crippen MR) is 83.4 cm³/mol. The molecule has 0 unspecified atom stereocenters. The highest BCUT2D eigenvalue weighted by molar-refractivity contribution is 7.92. The van der Waals surface area contributed by atoms with E-state index in [1.165, 1.54) is 10.6 Å². The summed E-state index contributed by atoms with van der Waals surface area (Å²) in [5, 5.41) is 0. The second kappa shape index (κ2) is 6.23. The van der Waals surface area contributed by atoms with Crippen molar-refractivity contribution in [3.63, 3.8) is 0 Å². The summed E-state index contributed by atoms with van der Waals surface area (Å²) in [6, 6.07) is 9.91. The zero-order chi connectivity index (χ0) is 16.3. The third kappa shape index (κ3) is 3.14. The maximum Gasteiger partial charge on any atom is 0.354 e. The van der Waals surface area contributed by atoms with Crippen LogP contribution in [-0.2, 0) is 21.8 Å². The second-order valence-electron chi connectivity index (χ2n) is 4.73. The number of hydrogen-bond donors (Lipinski definition) is 1. The molecule has 1 heterocycles. The summed E-state index contributed by atoms with van der Waals surface area (Å²) in [6.45, 7) is 3.57. The summed E-state index contributed by atoms with van der Waals surface area (Å²) in [5.41, 5.74) is 1.13. The maximum absolute atomic E-state index is 12.5. The molecule has 1 N–H and O–H groups in total. The zero-order valence-corrected chi connectivity index (χ0v) is 13.5. The van der Waals surface area contributed by atoms with E-state index in [1.807, 2.05) is 0 Å². The van der Waals surface area contributed by atoms with E-state index in [4.69, 9.17) is 4.74 Å². The molecule has 7 heteroatoms. The van der Waals surface area contributed by atoms with Crippen molar-refractivity contribution in [3.8, 4) is 0 Å². The van der Waals surface area contributed by atoms with Crippen molar-refractivity contribution in [2.75, 3.05) is 11.3 Å². The van der Waals surface area contributed by atoms with Crippen molar-refractivity contribution >= 4 is 21.7 Å². The molecule has 0 spiro atoms. The minimum atomic E-state index is -3.77. The number of para-hydroxylation sites is 1. The van der Waals surface area contributed by atoms with Gasteiger partial charge in [-0.25, -0.2) is 13.2 Å². The normalized spacial score (nSPS) is 11.2. The van der Waals surface area contributed by atoms with Crippen LogP contribution in [0.1, 0.15) is 23.1 Å². The van der Waals surface area contributed by atoms with Crippen LogP contribution in [0.15, 0.2) is 41.3 Å². The van der Waals surface area contributed by atoms with E-state index < -0.39 is 16.0 Å². The minimum absolute atomic E-state index is 0.0573. The van der Waals surface area contributed by atoms with Gasteiger partial charge in [0, 0.05) is 18.4 Å². The predicted octanol–water partition coefficient (Wildman–Crippen LogP) is 2.31. The van der Waals surface area contributed by atoms with Gasteiger partial charge in [-0.2, -0.15) is 0 Å². The quantitative estimate of drug-likeness (QED) is 0.857. The third-order valence-electron chi connectivity index (χ3n) is 3.29. The first-order valence-electron chi connectivity index (χ1n) is 6.78. The van der Waals surface area contributed by atoms with Gasteiger partial charge in [0.05, 0.1) is 6.61 Å². The maximum atomic E-state index is 12.5. The molecule has 118 valence electrons. The van der Waals surface area contributed by atoms with Gasteiger partial charge in [-0.1, -0.05) is 18.2 Å². The van der Waals surface area contributed by atoms with E-state index in [0.717, 1.165) is 0 Å². The van der Waals surface area contributed by atoms with Crippen LogP contribution < -0.4 is 4.72 Å². The van der Waals surface area contributed by atoms with Crippen molar-refractivity contribution in [2.24, 2.45) is 7.05 Å². The highest BCUT2D eigenvalue weighted by Gasteiger charge is 2.24. The first kappa shape index (κ1) is 16.1. The number of aromatic nitrogens is 1. The smallest absolute Gasteiger partial charge is 0.354 e. The average Bonchev–Trinajstić information content (AvgIpc) is 2.77. The van der Waals surface area contributed by atoms with E-state index in [-0.39, 0.29) is 17.2 Å². The molecule has 0 amide bonds. The molecule has 0 aliphatic carbocycles. The summed E-state index contributed by atoms with van der Waals surface area (Å²) in [5.74, 6) is -0.547. The molecule has 0 bridgehead atoms. The van der Waals surface area contributed by atoms with Crippen LogP contribution >= 0.6 is 0 Å². The Morgan fingerprint density at radius 1 is 1.27 bits per heavy atom. The number of nitrogens with one attached hydrogen (secondary N) is 1.